The van der Waals surface area contributed by atoms with Gasteiger partial charge >= 0.3 is 0 Å². The second kappa shape index (κ2) is 10.8. The van der Waals surface area contributed by atoms with E-state index in [9.17, 15) is 19.7 Å². The minimum Gasteiger partial charge on any atom is -0.349 e. The first-order valence-electron chi connectivity index (χ1n) is 12.6. The molecule has 1 N–H and O–H groups in total. The van der Waals surface area contributed by atoms with Crippen molar-refractivity contribution >= 4 is 34.3 Å². The van der Waals surface area contributed by atoms with E-state index in [-0.39, 0.29) is 23.2 Å². The number of hydrogen-bond acceptors (Lipinski definition) is 6. The second-order valence-corrected chi connectivity index (χ2v) is 10.7. The zero-order valence-electron chi connectivity index (χ0n) is 21.3. The molecule has 0 spiro atoms. The van der Waals surface area contributed by atoms with Crippen LogP contribution in [0.25, 0.3) is 16.6 Å². The number of carbonyl (C=O) groups is 1. The number of non-ortho nitro benzene ring substituents is 1. The number of aromatic nitrogens is 2. The highest BCUT2D eigenvalue weighted by Gasteiger charge is 2.20. The van der Waals surface area contributed by atoms with E-state index in [1.165, 1.54) is 23.9 Å². The lowest BCUT2D eigenvalue weighted by Gasteiger charge is -2.15. The van der Waals surface area contributed by atoms with Crippen LogP contribution in [0.15, 0.2) is 70.6 Å². The van der Waals surface area contributed by atoms with E-state index in [0.29, 0.717) is 33.1 Å². The standard InChI is InChI=1S/C29H28N4O4S/c1-18-12-19(2)14-24(13-18)32-28(35)25-11-10-21(27(34)30-22-7-3-4-8-22)16-26(25)31-29(32)38-17-20-6-5-9-23(15-20)33(36)37/h5-6,9-16,22H,3-4,7-8,17H2,1-2H3,(H,30,34). The largest absolute Gasteiger partial charge is 0.349 e. The summed E-state index contributed by atoms with van der Waals surface area (Å²) >= 11 is 1.33. The van der Waals surface area contributed by atoms with Crippen molar-refractivity contribution < 1.29 is 9.72 Å². The summed E-state index contributed by atoms with van der Waals surface area (Å²) in [5.41, 5.74) is 4.16. The fourth-order valence-electron chi connectivity index (χ4n) is 4.96. The third-order valence-corrected chi connectivity index (χ3v) is 7.75. The number of nitro groups is 1. The third kappa shape index (κ3) is 5.47. The Morgan fingerprint density at radius 1 is 1.08 bits per heavy atom. The van der Waals surface area contributed by atoms with Crippen molar-refractivity contribution in [3.8, 4) is 5.69 Å². The smallest absolute Gasteiger partial charge is 0.269 e. The lowest BCUT2D eigenvalue weighted by atomic mass is 10.1. The van der Waals surface area contributed by atoms with Crippen molar-refractivity contribution in [2.24, 2.45) is 0 Å². The maximum absolute atomic E-state index is 13.8. The van der Waals surface area contributed by atoms with Crippen LogP contribution >= 0.6 is 11.8 Å². The number of rotatable bonds is 7. The Morgan fingerprint density at radius 2 is 1.82 bits per heavy atom. The lowest BCUT2D eigenvalue weighted by molar-refractivity contribution is -0.384. The molecule has 4 aromatic rings. The Morgan fingerprint density at radius 3 is 2.53 bits per heavy atom. The number of nitrogens with one attached hydrogen (secondary N) is 1. The van der Waals surface area contributed by atoms with Crippen LogP contribution in [0.3, 0.4) is 0 Å². The fraction of sp³-hybridized carbons (Fsp3) is 0.276. The zero-order chi connectivity index (χ0) is 26.8. The van der Waals surface area contributed by atoms with Gasteiger partial charge in [-0.05, 0) is 73.7 Å². The van der Waals surface area contributed by atoms with Gasteiger partial charge in [0.25, 0.3) is 17.2 Å². The van der Waals surface area contributed by atoms with Crippen LogP contribution in [0, 0.1) is 24.0 Å². The number of thioether (sulfide) groups is 1. The van der Waals surface area contributed by atoms with Gasteiger partial charge in [0.05, 0.1) is 21.5 Å². The SMILES string of the molecule is Cc1cc(C)cc(-n2c(SCc3cccc([N+](=O)[O-])c3)nc3cc(C(=O)NC4CCCC4)ccc3c2=O)c1. The maximum atomic E-state index is 13.8. The monoisotopic (exact) mass is 528 g/mol. The number of nitrogens with zero attached hydrogens (tertiary/aromatic N) is 3. The van der Waals surface area contributed by atoms with E-state index in [4.69, 9.17) is 4.98 Å². The molecule has 0 aliphatic heterocycles. The second-order valence-electron chi connectivity index (χ2n) is 9.78. The minimum atomic E-state index is -0.425. The summed E-state index contributed by atoms with van der Waals surface area (Å²) in [5, 5.41) is 15.2. The topological polar surface area (TPSA) is 107 Å². The molecule has 0 atom stereocenters. The van der Waals surface area contributed by atoms with Crippen molar-refractivity contribution in [2.75, 3.05) is 0 Å². The molecular weight excluding hydrogens is 500 g/mol. The Hall–Kier alpha value is -3.98. The molecule has 1 heterocycles. The molecule has 0 unspecified atom stereocenters. The molecule has 38 heavy (non-hydrogen) atoms. The van der Waals surface area contributed by atoms with Gasteiger partial charge in [-0.3, -0.25) is 24.3 Å². The lowest BCUT2D eigenvalue weighted by Crippen LogP contribution is -2.32. The predicted molar refractivity (Wildman–Crippen MR) is 149 cm³/mol. The van der Waals surface area contributed by atoms with Gasteiger partial charge in [0.2, 0.25) is 0 Å². The molecule has 8 nitrogen and oxygen atoms in total. The first-order chi connectivity index (χ1) is 18.3. The summed E-state index contributed by atoms with van der Waals surface area (Å²) in [6.45, 7) is 3.95. The van der Waals surface area contributed by atoms with Crippen LogP contribution in [0.4, 0.5) is 5.69 Å². The summed E-state index contributed by atoms with van der Waals surface area (Å²) in [4.78, 5) is 42.3. The normalized spacial score (nSPS) is 13.6. The molecule has 1 saturated carbocycles. The van der Waals surface area contributed by atoms with Crippen LogP contribution in [-0.2, 0) is 5.75 Å². The quantitative estimate of drug-likeness (QED) is 0.139. The number of nitro benzene ring substituents is 1. The number of fused-ring (bicyclic) bond motifs is 1. The zero-order valence-corrected chi connectivity index (χ0v) is 22.1. The van der Waals surface area contributed by atoms with Crippen LogP contribution in [-0.4, -0.2) is 26.4 Å². The molecule has 1 fully saturated rings. The Kier molecular flexibility index (Phi) is 7.28. The van der Waals surface area contributed by atoms with E-state index in [2.05, 4.69) is 5.32 Å². The first-order valence-corrected chi connectivity index (χ1v) is 13.6. The van der Waals surface area contributed by atoms with Gasteiger partial charge in [-0.15, -0.1) is 0 Å². The summed E-state index contributed by atoms with van der Waals surface area (Å²) in [7, 11) is 0. The molecule has 1 aliphatic carbocycles. The summed E-state index contributed by atoms with van der Waals surface area (Å²) < 4.78 is 1.59. The van der Waals surface area contributed by atoms with Crippen molar-refractivity contribution in [1.29, 1.82) is 0 Å². The predicted octanol–water partition coefficient (Wildman–Crippen LogP) is 5.88. The van der Waals surface area contributed by atoms with Gasteiger partial charge in [0, 0.05) is 29.5 Å². The van der Waals surface area contributed by atoms with Crippen molar-refractivity contribution in [1.82, 2.24) is 14.9 Å². The molecule has 1 aliphatic rings. The summed E-state index contributed by atoms with van der Waals surface area (Å²) in [6.07, 6.45) is 4.20. The molecule has 0 saturated heterocycles. The van der Waals surface area contributed by atoms with Crippen molar-refractivity contribution in [3.05, 3.63) is 103 Å². The highest BCUT2D eigenvalue weighted by molar-refractivity contribution is 7.98. The third-order valence-electron chi connectivity index (χ3n) is 6.75. The summed E-state index contributed by atoms with van der Waals surface area (Å²) in [5.74, 6) is 0.219. The summed E-state index contributed by atoms with van der Waals surface area (Å²) in [6, 6.07) is 17.5. The number of amides is 1. The highest BCUT2D eigenvalue weighted by atomic mass is 32.2. The van der Waals surface area contributed by atoms with Crippen LogP contribution in [0.5, 0.6) is 0 Å². The van der Waals surface area contributed by atoms with Gasteiger partial charge in [0.1, 0.15) is 0 Å². The van der Waals surface area contributed by atoms with E-state index in [0.717, 1.165) is 42.4 Å². The highest BCUT2D eigenvalue weighted by Crippen LogP contribution is 2.27. The number of hydrogen-bond donors (Lipinski definition) is 1. The average molecular weight is 529 g/mol. The molecule has 194 valence electrons. The van der Waals surface area contributed by atoms with Crippen molar-refractivity contribution in [2.45, 2.75) is 56.5 Å². The molecule has 1 aromatic heterocycles. The van der Waals surface area contributed by atoms with Crippen LogP contribution < -0.4 is 10.9 Å². The van der Waals surface area contributed by atoms with Gasteiger partial charge in [-0.1, -0.05) is 42.8 Å². The molecular formula is C29H28N4O4S. The molecule has 9 heteroatoms. The molecule has 5 rings (SSSR count). The van der Waals surface area contributed by atoms with E-state index in [1.54, 1.807) is 28.8 Å². The number of aryl methyl sites for hydroxylation is 2. The van der Waals surface area contributed by atoms with Gasteiger partial charge < -0.3 is 5.32 Å². The molecule has 0 radical (unpaired) electrons. The van der Waals surface area contributed by atoms with Crippen LogP contribution in [0.1, 0.15) is 52.7 Å². The first kappa shape index (κ1) is 25.7. The molecule has 0 bridgehead atoms. The number of benzene rings is 3. The van der Waals surface area contributed by atoms with Gasteiger partial charge in [-0.2, -0.15) is 0 Å². The van der Waals surface area contributed by atoms with Crippen molar-refractivity contribution in [3.63, 3.8) is 0 Å². The maximum Gasteiger partial charge on any atom is 0.269 e. The van der Waals surface area contributed by atoms with E-state index >= 15 is 0 Å². The molecule has 3 aromatic carbocycles. The number of carbonyl (C=O) groups excluding carboxylic acids is 1. The Labute approximate surface area is 224 Å². The van der Waals surface area contributed by atoms with Gasteiger partial charge in [0.15, 0.2) is 5.16 Å². The van der Waals surface area contributed by atoms with E-state index in [1.807, 2.05) is 38.1 Å². The Bertz CT molecular complexity index is 1590. The van der Waals surface area contributed by atoms with Gasteiger partial charge in [-0.25, -0.2) is 4.98 Å². The van der Waals surface area contributed by atoms with Crippen LogP contribution in [0.2, 0.25) is 0 Å². The minimum absolute atomic E-state index is 0.0131. The molecule has 1 amide bonds. The average Bonchev–Trinajstić information content (AvgIpc) is 3.39. The Balaban J connectivity index is 1.57. The van der Waals surface area contributed by atoms with E-state index < -0.39 is 4.92 Å². The fourth-order valence-corrected chi connectivity index (χ4v) is 5.91.